The molecule has 0 saturated carbocycles. The summed E-state index contributed by atoms with van der Waals surface area (Å²) in [5, 5.41) is 4.59. The van der Waals surface area contributed by atoms with Crippen LogP contribution in [0, 0.1) is 0 Å². The molecule has 1 N–H and O–H groups in total. The molecule has 0 radical (unpaired) electrons. The number of furan rings is 1. The van der Waals surface area contributed by atoms with Crippen molar-refractivity contribution in [1.29, 1.82) is 0 Å². The molecule has 0 spiro atoms. The van der Waals surface area contributed by atoms with Crippen molar-refractivity contribution < 1.29 is 14.0 Å². The van der Waals surface area contributed by atoms with Crippen LogP contribution >= 0.6 is 11.3 Å². The summed E-state index contributed by atoms with van der Waals surface area (Å²) in [4.78, 5) is 27.6. The third kappa shape index (κ3) is 4.14. The standard InChI is InChI=1S/C18H20N2O3S/c21-17(16-8-6-12-24-16)19-15(13-14-7-5-11-23-14)18(22)20-9-3-1-2-4-10-20/h5-8,11-13H,1-4,9-10H2,(H,19,21)/b15-13-. The van der Waals surface area contributed by atoms with E-state index < -0.39 is 0 Å². The molecule has 6 heteroatoms. The molecule has 126 valence electrons. The van der Waals surface area contributed by atoms with E-state index in [0.29, 0.717) is 10.6 Å². The van der Waals surface area contributed by atoms with Crippen LogP contribution in [0.25, 0.3) is 6.08 Å². The highest BCUT2D eigenvalue weighted by Crippen LogP contribution is 2.15. The summed E-state index contributed by atoms with van der Waals surface area (Å²) in [5.74, 6) is 0.115. The number of likely N-dealkylation sites (tertiary alicyclic amines) is 1. The van der Waals surface area contributed by atoms with Crippen molar-refractivity contribution in [2.75, 3.05) is 13.1 Å². The highest BCUT2D eigenvalue weighted by molar-refractivity contribution is 7.12. The van der Waals surface area contributed by atoms with Crippen molar-refractivity contribution >= 4 is 29.2 Å². The SMILES string of the molecule is O=C(N/C(=C\c1ccco1)C(=O)N1CCCCCC1)c1cccs1. The van der Waals surface area contributed by atoms with Gasteiger partial charge in [-0.2, -0.15) is 0 Å². The molecule has 5 nitrogen and oxygen atoms in total. The lowest BCUT2D eigenvalue weighted by Gasteiger charge is -2.22. The number of rotatable bonds is 4. The van der Waals surface area contributed by atoms with Gasteiger partial charge in [0.05, 0.1) is 11.1 Å². The molecular formula is C18H20N2O3S. The number of amides is 2. The number of thiophene rings is 1. The van der Waals surface area contributed by atoms with Crippen molar-refractivity contribution in [3.05, 3.63) is 52.2 Å². The predicted octanol–water partition coefficient (Wildman–Crippen LogP) is 3.51. The Balaban J connectivity index is 1.81. The Morgan fingerprint density at radius 1 is 1.12 bits per heavy atom. The summed E-state index contributed by atoms with van der Waals surface area (Å²) >= 11 is 1.34. The second-order valence-electron chi connectivity index (χ2n) is 5.71. The predicted molar refractivity (Wildman–Crippen MR) is 93.5 cm³/mol. The summed E-state index contributed by atoms with van der Waals surface area (Å²) in [6.45, 7) is 1.45. The molecule has 1 fully saturated rings. The molecule has 0 aromatic carbocycles. The van der Waals surface area contributed by atoms with Crippen LogP contribution in [-0.2, 0) is 4.79 Å². The molecule has 3 rings (SSSR count). The number of hydrogen-bond acceptors (Lipinski definition) is 4. The van der Waals surface area contributed by atoms with E-state index >= 15 is 0 Å². The van der Waals surface area contributed by atoms with Gasteiger partial charge >= 0.3 is 0 Å². The Kier molecular flexibility index (Phi) is 5.48. The minimum Gasteiger partial charge on any atom is -0.465 e. The van der Waals surface area contributed by atoms with Gasteiger partial charge in [0.15, 0.2) is 0 Å². The molecule has 2 aromatic rings. The highest BCUT2D eigenvalue weighted by atomic mass is 32.1. The number of carbonyl (C=O) groups excluding carboxylic acids is 2. The van der Waals surface area contributed by atoms with Gasteiger partial charge in [0.2, 0.25) is 0 Å². The van der Waals surface area contributed by atoms with Crippen molar-refractivity contribution in [1.82, 2.24) is 10.2 Å². The molecule has 2 aromatic heterocycles. The van der Waals surface area contributed by atoms with Crippen molar-refractivity contribution in [2.24, 2.45) is 0 Å². The Morgan fingerprint density at radius 3 is 2.54 bits per heavy atom. The van der Waals surface area contributed by atoms with Crippen molar-refractivity contribution in [3.8, 4) is 0 Å². The van der Waals surface area contributed by atoms with Gasteiger partial charge in [-0.3, -0.25) is 9.59 Å². The molecule has 1 aliphatic rings. The zero-order valence-electron chi connectivity index (χ0n) is 13.4. The van der Waals surface area contributed by atoms with Crippen molar-refractivity contribution in [3.63, 3.8) is 0 Å². The fraction of sp³-hybridized carbons (Fsp3) is 0.333. The van der Waals surface area contributed by atoms with Crippen LogP contribution in [0.5, 0.6) is 0 Å². The van der Waals surface area contributed by atoms with E-state index in [-0.39, 0.29) is 17.5 Å². The largest absolute Gasteiger partial charge is 0.465 e. The maximum atomic E-state index is 12.9. The minimum absolute atomic E-state index is 0.154. The lowest BCUT2D eigenvalue weighted by Crippen LogP contribution is -2.38. The smallest absolute Gasteiger partial charge is 0.270 e. The number of hydrogen-bond donors (Lipinski definition) is 1. The fourth-order valence-corrected chi connectivity index (χ4v) is 3.32. The molecule has 0 bridgehead atoms. The third-order valence-electron chi connectivity index (χ3n) is 3.95. The molecule has 2 amide bonds. The van der Waals surface area contributed by atoms with E-state index in [0.717, 1.165) is 38.8 Å². The van der Waals surface area contributed by atoms with Crippen molar-refractivity contribution in [2.45, 2.75) is 25.7 Å². The first-order chi connectivity index (χ1) is 11.7. The van der Waals surface area contributed by atoms with Gasteiger partial charge in [-0.25, -0.2) is 0 Å². The average molecular weight is 344 g/mol. The topological polar surface area (TPSA) is 62.6 Å². The summed E-state index contributed by atoms with van der Waals surface area (Å²) in [7, 11) is 0. The Labute approximate surface area is 145 Å². The number of nitrogens with zero attached hydrogens (tertiary/aromatic N) is 1. The first-order valence-electron chi connectivity index (χ1n) is 8.13. The third-order valence-corrected chi connectivity index (χ3v) is 4.82. The quantitative estimate of drug-likeness (QED) is 0.863. The van der Waals surface area contributed by atoms with Crippen LogP contribution < -0.4 is 5.32 Å². The zero-order valence-corrected chi connectivity index (χ0v) is 14.2. The summed E-state index contributed by atoms with van der Waals surface area (Å²) in [6, 6.07) is 7.06. The molecule has 0 unspecified atom stereocenters. The second kappa shape index (κ2) is 7.97. The maximum Gasteiger partial charge on any atom is 0.270 e. The van der Waals surface area contributed by atoms with Crippen LogP contribution in [0.1, 0.15) is 41.1 Å². The lowest BCUT2D eigenvalue weighted by molar-refractivity contribution is -0.127. The van der Waals surface area contributed by atoms with E-state index in [1.165, 1.54) is 11.3 Å². The van der Waals surface area contributed by atoms with Crippen LogP contribution in [0.3, 0.4) is 0 Å². The lowest BCUT2D eigenvalue weighted by atomic mass is 10.2. The fourth-order valence-electron chi connectivity index (χ4n) is 2.70. The first-order valence-corrected chi connectivity index (χ1v) is 9.01. The Hall–Kier alpha value is -2.34. The van der Waals surface area contributed by atoms with E-state index in [9.17, 15) is 9.59 Å². The monoisotopic (exact) mass is 344 g/mol. The summed E-state index contributed by atoms with van der Waals surface area (Å²) < 4.78 is 5.30. The normalized spacial score (nSPS) is 15.8. The Bertz CT molecular complexity index is 697. The van der Waals surface area contributed by atoms with E-state index in [4.69, 9.17) is 4.42 Å². The second-order valence-corrected chi connectivity index (χ2v) is 6.66. The number of carbonyl (C=O) groups is 2. The molecule has 3 heterocycles. The van der Waals surface area contributed by atoms with Crippen LogP contribution in [-0.4, -0.2) is 29.8 Å². The van der Waals surface area contributed by atoms with Gasteiger partial charge in [-0.15, -0.1) is 11.3 Å². The number of nitrogens with one attached hydrogen (secondary N) is 1. The van der Waals surface area contributed by atoms with Gasteiger partial charge in [0.25, 0.3) is 11.8 Å². The van der Waals surface area contributed by atoms with Gasteiger partial charge in [-0.1, -0.05) is 18.9 Å². The Morgan fingerprint density at radius 2 is 1.92 bits per heavy atom. The molecule has 0 aliphatic carbocycles. The molecule has 24 heavy (non-hydrogen) atoms. The first kappa shape index (κ1) is 16.5. The van der Waals surface area contributed by atoms with Crippen LogP contribution in [0.4, 0.5) is 0 Å². The van der Waals surface area contributed by atoms with Crippen LogP contribution in [0.2, 0.25) is 0 Å². The summed E-state index contributed by atoms with van der Waals surface area (Å²) in [5.41, 5.74) is 0.255. The van der Waals surface area contributed by atoms with Gasteiger partial charge in [0.1, 0.15) is 11.5 Å². The molecule has 1 saturated heterocycles. The average Bonchev–Trinajstić information content (AvgIpc) is 3.23. The van der Waals surface area contributed by atoms with E-state index in [1.54, 1.807) is 30.5 Å². The van der Waals surface area contributed by atoms with E-state index in [2.05, 4.69) is 5.32 Å². The summed E-state index contributed by atoms with van der Waals surface area (Å²) in [6.07, 6.45) is 7.42. The molecule has 1 aliphatic heterocycles. The van der Waals surface area contributed by atoms with E-state index in [1.807, 2.05) is 16.3 Å². The maximum absolute atomic E-state index is 12.9. The molecule has 0 atom stereocenters. The van der Waals surface area contributed by atoms with Crippen LogP contribution in [0.15, 0.2) is 46.0 Å². The van der Waals surface area contributed by atoms with Gasteiger partial charge in [-0.05, 0) is 36.4 Å². The zero-order chi connectivity index (χ0) is 16.8. The molecular weight excluding hydrogens is 324 g/mol. The van der Waals surface area contributed by atoms with Gasteiger partial charge in [0, 0.05) is 19.2 Å². The van der Waals surface area contributed by atoms with Gasteiger partial charge < -0.3 is 14.6 Å². The highest BCUT2D eigenvalue weighted by Gasteiger charge is 2.22. The minimum atomic E-state index is -0.272.